The first-order valence-electron chi connectivity index (χ1n) is 1.88. The van der Waals surface area contributed by atoms with E-state index in [1.165, 1.54) is 0 Å². The van der Waals surface area contributed by atoms with Gasteiger partial charge in [-0.2, -0.15) is 0 Å². The molecule has 0 saturated carbocycles. The Bertz CT molecular complexity index is 60.4. The molecule has 0 rings (SSSR count). The molecule has 0 aliphatic rings. The zero-order chi connectivity index (χ0) is 4.99. The lowest BCUT2D eigenvalue weighted by atomic mass is 10.2. The van der Waals surface area contributed by atoms with Crippen LogP contribution in [0, 0.1) is 6.42 Å². The average molecular weight is 81.1 g/mol. The van der Waals surface area contributed by atoms with Crippen molar-refractivity contribution >= 4 is 0 Å². The molecule has 0 atom stereocenters. The van der Waals surface area contributed by atoms with E-state index in [-0.39, 0.29) is 0 Å². The van der Waals surface area contributed by atoms with Crippen molar-refractivity contribution in [2.45, 2.75) is 6.92 Å². The molecule has 32 valence electrons. The van der Waals surface area contributed by atoms with E-state index in [0.717, 1.165) is 5.57 Å². The van der Waals surface area contributed by atoms with Gasteiger partial charge in [-0.25, -0.2) is 0 Å². The average Bonchev–Trinajstić information content (AvgIpc) is 1.35. The van der Waals surface area contributed by atoms with Gasteiger partial charge in [0.25, 0.3) is 0 Å². The fourth-order valence-electron chi connectivity index (χ4n) is 0.201. The monoisotopic (exact) mass is 81.1 g/mol. The van der Waals surface area contributed by atoms with Crippen LogP contribution in [-0.2, 0) is 0 Å². The van der Waals surface area contributed by atoms with Crippen LogP contribution in [0.15, 0.2) is 24.8 Å². The minimum Gasteiger partial charge on any atom is -0.0151 e. The molecular weight excluding hydrogens is 72.1 g/mol. The van der Waals surface area contributed by atoms with Crippen molar-refractivity contribution in [1.29, 1.82) is 0 Å². The number of allylic oxidation sites excluding steroid dienone is 2. The second kappa shape index (κ2) is 2.58. The Kier molecular flexibility index (Phi) is 2.30. The van der Waals surface area contributed by atoms with Gasteiger partial charge < -0.3 is 0 Å². The standard InChI is InChI=1S/C6H9/c1-4-5-6(2)3/h4-5H,1-2H2,3H3/q+1. The van der Waals surface area contributed by atoms with E-state index in [4.69, 9.17) is 0 Å². The third kappa shape index (κ3) is 3.35. The maximum Gasteiger partial charge on any atom is 0.0494 e. The second-order valence-electron chi connectivity index (χ2n) is 1.25. The summed E-state index contributed by atoms with van der Waals surface area (Å²) in [5.41, 5.74) is 1.05. The minimum atomic E-state index is 1.05. The van der Waals surface area contributed by atoms with E-state index in [2.05, 4.69) is 13.2 Å². The molecule has 0 N–H and O–H groups in total. The summed E-state index contributed by atoms with van der Waals surface area (Å²) in [4.78, 5) is 0. The van der Waals surface area contributed by atoms with E-state index in [0.29, 0.717) is 0 Å². The minimum absolute atomic E-state index is 1.05. The molecule has 0 nitrogen and oxygen atoms in total. The summed E-state index contributed by atoms with van der Waals surface area (Å²) in [6.07, 6.45) is 3.59. The predicted octanol–water partition coefficient (Wildman–Crippen LogP) is 1.95. The molecule has 6 heavy (non-hydrogen) atoms. The lowest BCUT2D eigenvalue weighted by Gasteiger charge is -1.73. The largest absolute Gasteiger partial charge is 0.0494 e. The van der Waals surface area contributed by atoms with Crippen LogP contribution in [0.2, 0.25) is 0 Å². The van der Waals surface area contributed by atoms with E-state index >= 15 is 0 Å². The number of rotatable bonds is 2. The highest BCUT2D eigenvalue weighted by molar-refractivity contribution is 5.12. The molecular formula is C6H9+. The van der Waals surface area contributed by atoms with Gasteiger partial charge in [0.1, 0.15) is 0 Å². The van der Waals surface area contributed by atoms with Crippen molar-refractivity contribution in [3.05, 3.63) is 31.2 Å². The topological polar surface area (TPSA) is 0 Å². The first-order valence-corrected chi connectivity index (χ1v) is 1.88. The molecule has 0 heteroatoms. The molecule has 0 radical (unpaired) electrons. The van der Waals surface area contributed by atoms with Crippen LogP contribution >= 0.6 is 0 Å². The number of hydrogen-bond acceptors (Lipinski definition) is 0. The van der Waals surface area contributed by atoms with Crippen LogP contribution in [0.3, 0.4) is 0 Å². The van der Waals surface area contributed by atoms with Gasteiger partial charge in [0, 0.05) is 18.1 Å². The first kappa shape index (κ1) is 5.35. The molecule has 0 saturated heterocycles. The summed E-state index contributed by atoms with van der Waals surface area (Å²) in [5, 5.41) is 0. The van der Waals surface area contributed by atoms with Crippen LogP contribution in [0.25, 0.3) is 0 Å². The van der Waals surface area contributed by atoms with Crippen LogP contribution in [0.1, 0.15) is 6.92 Å². The van der Waals surface area contributed by atoms with Crippen molar-refractivity contribution in [2.75, 3.05) is 0 Å². The molecule has 0 unspecified atom stereocenters. The lowest BCUT2D eigenvalue weighted by Crippen LogP contribution is -1.63. The molecule has 0 fully saturated rings. The highest BCUT2D eigenvalue weighted by Gasteiger charge is 1.80. The van der Waals surface area contributed by atoms with Gasteiger partial charge in [-0.1, -0.05) is 0 Å². The maximum atomic E-state index is 3.62. The zero-order valence-electron chi connectivity index (χ0n) is 4.07. The SMILES string of the molecule is C=C[CH+]C(=C)C. The molecule has 0 bridgehead atoms. The van der Waals surface area contributed by atoms with E-state index in [9.17, 15) is 0 Å². The molecule has 0 aromatic rings. The van der Waals surface area contributed by atoms with E-state index in [1.54, 1.807) is 6.08 Å². The molecule has 0 amide bonds. The van der Waals surface area contributed by atoms with Crippen molar-refractivity contribution in [3.8, 4) is 0 Å². The van der Waals surface area contributed by atoms with Crippen LogP contribution in [0.5, 0.6) is 0 Å². The van der Waals surface area contributed by atoms with Crippen molar-refractivity contribution in [2.24, 2.45) is 0 Å². The highest BCUT2D eigenvalue weighted by atomic mass is 13.8. The Balaban J connectivity index is 3.05. The molecule has 0 heterocycles. The van der Waals surface area contributed by atoms with Crippen molar-refractivity contribution < 1.29 is 0 Å². The Morgan fingerprint density at radius 1 is 1.83 bits per heavy atom. The van der Waals surface area contributed by atoms with Gasteiger partial charge >= 0.3 is 0 Å². The lowest BCUT2D eigenvalue weighted by molar-refractivity contribution is 1.47. The van der Waals surface area contributed by atoms with Gasteiger partial charge in [-0.15, -0.1) is 0 Å². The summed E-state index contributed by atoms with van der Waals surface area (Å²) in [6.45, 7) is 9.03. The molecule has 0 aliphatic carbocycles. The molecule has 0 aromatic heterocycles. The van der Waals surface area contributed by atoms with Crippen LogP contribution in [-0.4, -0.2) is 0 Å². The third-order valence-electron chi connectivity index (χ3n) is 0.402. The van der Waals surface area contributed by atoms with Gasteiger partial charge in [-0.05, 0) is 20.1 Å². The fraction of sp³-hybridized carbons (Fsp3) is 0.167. The Morgan fingerprint density at radius 3 is 2.33 bits per heavy atom. The van der Waals surface area contributed by atoms with Crippen molar-refractivity contribution in [3.63, 3.8) is 0 Å². The maximum absolute atomic E-state index is 3.62. The molecule has 0 spiro atoms. The van der Waals surface area contributed by atoms with Crippen LogP contribution < -0.4 is 0 Å². The quantitative estimate of drug-likeness (QED) is 0.446. The first-order chi connectivity index (χ1) is 2.77. The Morgan fingerprint density at radius 2 is 2.33 bits per heavy atom. The molecule has 0 aliphatic heterocycles. The van der Waals surface area contributed by atoms with Gasteiger partial charge in [-0.3, -0.25) is 0 Å². The van der Waals surface area contributed by atoms with E-state index < -0.39 is 0 Å². The summed E-state index contributed by atoms with van der Waals surface area (Å²) in [7, 11) is 0. The predicted molar refractivity (Wildman–Crippen MR) is 29.3 cm³/mol. The summed E-state index contributed by atoms with van der Waals surface area (Å²) >= 11 is 0. The Labute approximate surface area is 39.2 Å². The normalized spacial score (nSPS) is 6.83. The second-order valence-corrected chi connectivity index (χ2v) is 1.25. The van der Waals surface area contributed by atoms with Gasteiger partial charge in [0.2, 0.25) is 0 Å². The summed E-state index contributed by atoms with van der Waals surface area (Å²) in [6, 6.07) is 0. The van der Waals surface area contributed by atoms with Gasteiger partial charge in [0.15, 0.2) is 0 Å². The zero-order valence-corrected chi connectivity index (χ0v) is 4.07. The third-order valence-corrected chi connectivity index (χ3v) is 0.402. The van der Waals surface area contributed by atoms with Crippen molar-refractivity contribution in [1.82, 2.24) is 0 Å². The molecule has 0 aromatic carbocycles. The number of hydrogen-bond donors (Lipinski definition) is 0. The van der Waals surface area contributed by atoms with Crippen LogP contribution in [0.4, 0.5) is 0 Å². The highest BCUT2D eigenvalue weighted by Crippen LogP contribution is 1.90. The fourth-order valence-corrected chi connectivity index (χ4v) is 0.201. The van der Waals surface area contributed by atoms with E-state index in [1.807, 2.05) is 13.3 Å². The summed E-state index contributed by atoms with van der Waals surface area (Å²) < 4.78 is 0. The Hall–Kier alpha value is -0.650. The van der Waals surface area contributed by atoms with Gasteiger partial charge in [0.05, 0.1) is 0 Å². The summed E-state index contributed by atoms with van der Waals surface area (Å²) in [5.74, 6) is 0. The smallest absolute Gasteiger partial charge is 0.0151 e.